The Kier molecular flexibility index (Phi) is 4.00. The van der Waals surface area contributed by atoms with Crippen LogP contribution in [0, 0.1) is 17.3 Å². The van der Waals surface area contributed by atoms with Gasteiger partial charge in [0.05, 0.1) is 11.1 Å². The highest BCUT2D eigenvalue weighted by Gasteiger charge is 2.44. The van der Waals surface area contributed by atoms with Crippen LogP contribution in [0.2, 0.25) is 0 Å². The fourth-order valence-electron chi connectivity index (χ4n) is 2.95. The van der Waals surface area contributed by atoms with E-state index in [1.165, 1.54) is 0 Å². The van der Waals surface area contributed by atoms with Crippen molar-refractivity contribution >= 4 is 17.7 Å². The third-order valence-corrected chi connectivity index (χ3v) is 4.15. The van der Waals surface area contributed by atoms with E-state index in [0.29, 0.717) is 35.2 Å². The minimum atomic E-state index is -0.804. The average molecular weight is 336 g/mol. The molecule has 0 bridgehead atoms. The van der Waals surface area contributed by atoms with E-state index >= 15 is 0 Å². The van der Waals surface area contributed by atoms with Crippen molar-refractivity contribution in [3.63, 3.8) is 0 Å². The maximum absolute atomic E-state index is 12.9. The maximum Gasteiger partial charge on any atom is 0.263 e. The highest BCUT2D eigenvalue weighted by Crippen LogP contribution is 2.30. The monoisotopic (exact) mass is 336 g/mol. The summed E-state index contributed by atoms with van der Waals surface area (Å²) in [6, 6.07) is 4.25. The van der Waals surface area contributed by atoms with Crippen molar-refractivity contribution in [2.75, 3.05) is 0 Å². The second kappa shape index (κ2) is 5.89. The molecule has 5 nitrogen and oxygen atoms in total. The number of benzene rings is 1. The Morgan fingerprint density at radius 2 is 1.92 bits per heavy atom. The summed E-state index contributed by atoms with van der Waals surface area (Å²) in [5.74, 6) is 4.84. The lowest BCUT2D eigenvalue weighted by Crippen LogP contribution is -2.51. The molecule has 5 heteroatoms. The van der Waals surface area contributed by atoms with Crippen LogP contribution in [0.5, 0.6) is 0 Å². The van der Waals surface area contributed by atoms with Gasteiger partial charge in [0.25, 0.3) is 11.8 Å². The smallest absolute Gasteiger partial charge is 0.263 e. The molecule has 128 valence electrons. The molecule has 0 saturated carbocycles. The molecule has 25 heavy (non-hydrogen) atoms. The van der Waals surface area contributed by atoms with Crippen molar-refractivity contribution in [3.8, 4) is 11.8 Å². The molecule has 3 amide bonds. The zero-order valence-electron chi connectivity index (χ0n) is 14.6. The number of rotatable bonds is 1. The van der Waals surface area contributed by atoms with Crippen LogP contribution in [0.4, 0.5) is 0 Å². The highest BCUT2D eigenvalue weighted by molar-refractivity contribution is 6.24. The summed E-state index contributed by atoms with van der Waals surface area (Å²) in [6.07, 6.45) is 0.930. The summed E-state index contributed by atoms with van der Waals surface area (Å²) >= 11 is 0. The normalized spacial score (nSPS) is 20.1. The third kappa shape index (κ3) is 3.08. The van der Waals surface area contributed by atoms with Gasteiger partial charge in [0.1, 0.15) is 6.04 Å². The van der Waals surface area contributed by atoms with Crippen LogP contribution in [0.3, 0.4) is 0 Å². The molecule has 0 spiro atoms. The Morgan fingerprint density at radius 3 is 2.56 bits per heavy atom. The van der Waals surface area contributed by atoms with Crippen molar-refractivity contribution in [1.29, 1.82) is 0 Å². The molecule has 2 aliphatic heterocycles. The molecule has 1 atom stereocenters. The van der Waals surface area contributed by atoms with Gasteiger partial charge in [-0.3, -0.25) is 19.3 Å². The van der Waals surface area contributed by atoms with Crippen molar-refractivity contribution in [2.45, 2.75) is 39.7 Å². The first-order valence-electron chi connectivity index (χ1n) is 8.22. The summed E-state index contributed by atoms with van der Waals surface area (Å²) in [7, 11) is 0. The van der Waals surface area contributed by atoms with Gasteiger partial charge in [-0.1, -0.05) is 24.5 Å². The second-order valence-corrected chi connectivity index (χ2v) is 7.36. The zero-order valence-corrected chi connectivity index (χ0v) is 14.6. The van der Waals surface area contributed by atoms with Crippen LogP contribution in [0.1, 0.15) is 59.9 Å². The van der Waals surface area contributed by atoms with Crippen LogP contribution < -0.4 is 5.32 Å². The van der Waals surface area contributed by atoms with Gasteiger partial charge >= 0.3 is 0 Å². The number of hydrogen-bond donors (Lipinski definition) is 1. The van der Waals surface area contributed by atoms with Crippen LogP contribution in [-0.4, -0.2) is 28.7 Å². The summed E-state index contributed by atoms with van der Waals surface area (Å²) in [6.45, 7) is 9.65. The molecule has 0 aromatic heterocycles. The molecule has 2 heterocycles. The average Bonchev–Trinajstić information content (AvgIpc) is 2.77. The van der Waals surface area contributed by atoms with Crippen molar-refractivity contribution < 1.29 is 14.4 Å². The lowest BCUT2D eigenvalue weighted by Gasteiger charge is -2.29. The fourth-order valence-corrected chi connectivity index (χ4v) is 2.95. The summed E-state index contributed by atoms with van der Waals surface area (Å²) in [5, 5.41) is 2.63. The molecule has 1 unspecified atom stereocenters. The van der Waals surface area contributed by atoms with Gasteiger partial charge in [0, 0.05) is 16.7 Å². The minimum Gasteiger partial charge on any atom is -0.329 e. The lowest BCUT2D eigenvalue weighted by molar-refractivity contribution is -0.125. The SMILES string of the molecule is C=C1CCC(N2C(=O)c3cccc(C#CC(C)(C)C)c3C2=O)C(=O)N1. The van der Waals surface area contributed by atoms with E-state index in [0.717, 1.165) is 4.90 Å². The second-order valence-electron chi connectivity index (χ2n) is 7.36. The van der Waals surface area contributed by atoms with E-state index in [2.05, 4.69) is 23.7 Å². The molecule has 1 N–H and O–H groups in total. The standard InChI is InChI=1S/C20H20N2O3/c1-12-8-9-15(17(23)21-12)22-18(24)14-7-5-6-13(16(14)19(22)25)10-11-20(2,3)4/h5-7,15H,1,8-9H2,2-4H3,(H,21,23). The van der Waals surface area contributed by atoms with E-state index < -0.39 is 17.9 Å². The van der Waals surface area contributed by atoms with E-state index in [4.69, 9.17) is 0 Å². The molecule has 2 aliphatic rings. The summed E-state index contributed by atoms with van der Waals surface area (Å²) < 4.78 is 0. The molecule has 0 aliphatic carbocycles. The zero-order chi connectivity index (χ0) is 18.4. The van der Waals surface area contributed by atoms with Crippen LogP contribution in [-0.2, 0) is 4.79 Å². The molecule has 1 aromatic rings. The number of amides is 3. The van der Waals surface area contributed by atoms with Gasteiger partial charge in [-0.15, -0.1) is 0 Å². The van der Waals surface area contributed by atoms with E-state index in [1.807, 2.05) is 20.8 Å². The predicted octanol–water partition coefficient (Wildman–Crippen LogP) is 2.47. The Balaban J connectivity index is 2.01. The predicted molar refractivity (Wildman–Crippen MR) is 93.6 cm³/mol. The van der Waals surface area contributed by atoms with Gasteiger partial charge in [-0.05, 0) is 45.7 Å². The molecular formula is C20H20N2O3. The molecular weight excluding hydrogens is 316 g/mol. The number of nitrogens with zero attached hydrogens (tertiary/aromatic N) is 1. The quantitative estimate of drug-likeness (QED) is 0.633. The van der Waals surface area contributed by atoms with Gasteiger partial charge in [-0.25, -0.2) is 0 Å². The van der Waals surface area contributed by atoms with Gasteiger partial charge in [0.15, 0.2) is 0 Å². The minimum absolute atomic E-state index is 0.225. The number of carbonyl (C=O) groups excluding carboxylic acids is 3. The topological polar surface area (TPSA) is 66.5 Å². The van der Waals surface area contributed by atoms with Gasteiger partial charge in [-0.2, -0.15) is 0 Å². The number of piperidine rings is 1. The summed E-state index contributed by atoms with van der Waals surface area (Å²) in [5.41, 5.74) is 1.50. The van der Waals surface area contributed by atoms with E-state index in [9.17, 15) is 14.4 Å². The molecule has 1 aromatic carbocycles. The first kappa shape index (κ1) is 17.0. The van der Waals surface area contributed by atoms with Crippen molar-refractivity contribution in [3.05, 3.63) is 47.2 Å². The largest absolute Gasteiger partial charge is 0.329 e. The number of hydrogen-bond acceptors (Lipinski definition) is 3. The molecule has 0 radical (unpaired) electrons. The number of imide groups is 1. The Bertz CT molecular complexity index is 865. The summed E-state index contributed by atoms with van der Waals surface area (Å²) in [4.78, 5) is 38.9. The highest BCUT2D eigenvalue weighted by atomic mass is 16.2. The van der Waals surface area contributed by atoms with E-state index in [-0.39, 0.29) is 11.3 Å². The van der Waals surface area contributed by atoms with Crippen molar-refractivity contribution in [1.82, 2.24) is 10.2 Å². The van der Waals surface area contributed by atoms with Gasteiger partial charge in [0.2, 0.25) is 5.91 Å². The Morgan fingerprint density at radius 1 is 1.20 bits per heavy atom. The van der Waals surface area contributed by atoms with Crippen molar-refractivity contribution in [2.24, 2.45) is 5.41 Å². The number of fused-ring (bicyclic) bond motifs is 1. The molecule has 1 fully saturated rings. The Hall–Kier alpha value is -2.87. The molecule has 1 saturated heterocycles. The Labute approximate surface area is 147 Å². The maximum atomic E-state index is 12.9. The lowest BCUT2D eigenvalue weighted by atomic mass is 9.96. The van der Waals surface area contributed by atoms with E-state index in [1.54, 1.807) is 18.2 Å². The van der Waals surface area contributed by atoms with Gasteiger partial charge < -0.3 is 5.32 Å². The first-order valence-corrected chi connectivity index (χ1v) is 8.22. The first-order chi connectivity index (χ1) is 11.7. The van der Waals surface area contributed by atoms with Crippen LogP contribution in [0.25, 0.3) is 0 Å². The third-order valence-electron chi connectivity index (χ3n) is 4.15. The fraction of sp³-hybridized carbons (Fsp3) is 0.350. The van der Waals surface area contributed by atoms with Crippen LogP contribution in [0.15, 0.2) is 30.5 Å². The number of nitrogens with one attached hydrogen (secondary N) is 1. The number of allylic oxidation sites excluding steroid dienone is 1. The van der Waals surface area contributed by atoms with Crippen LogP contribution >= 0.6 is 0 Å². The molecule has 3 rings (SSSR count). The number of carbonyl (C=O) groups is 3.